The Kier molecular flexibility index (Phi) is 5.83. The lowest BCUT2D eigenvalue weighted by Crippen LogP contribution is -2.47. The number of ether oxygens (including phenoxy) is 1. The second-order valence-corrected chi connectivity index (χ2v) is 7.59. The van der Waals surface area contributed by atoms with Gasteiger partial charge in [0.05, 0.1) is 29.0 Å². The van der Waals surface area contributed by atoms with Crippen LogP contribution >= 0.6 is 0 Å². The van der Waals surface area contributed by atoms with Gasteiger partial charge in [-0.1, -0.05) is 18.2 Å². The number of amides is 1. The standard InChI is InChI=1S/C23H26N4O2/c1-16-14-27(15-17(2)29-16)11-10-25-23(28)20-12-22(18-6-5-9-24-13-18)26-21-8-4-3-7-19(20)21/h3-9,12-13,16-17H,10-11,14-15H2,1-2H3,(H,25,28). The predicted molar refractivity (Wildman–Crippen MR) is 114 cm³/mol. The summed E-state index contributed by atoms with van der Waals surface area (Å²) in [7, 11) is 0. The predicted octanol–water partition coefficient (Wildman–Crippen LogP) is 3.14. The third kappa shape index (κ3) is 4.60. The molecule has 1 amide bonds. The summed E-state index contributed by atoms with van der Waals surface area (Å²) in [5, 5.41) is 3.93. The van der Waals surface area contributed by atoms with E-state index in [0.717, 1.165) is 41.8 Å². The number of fused-ring (bicyclic) bond motifs is 1. The van der Waals surface area contributed by atoms with Gasteiger partial charge in [-0.3, -0.25) is 14.7 Å². The molecule has 6 nitrogen and oxygen atoms in total. The maximum atomic E-state index is 13.0. The molecule has 3 heterocycles. The molecule has 1 aliphatic rings. The number of benzene rings is 1. The molecule has 1 aromatic carbocycles. The van der Waals surface area contributed by atoms with E-state index < -0.39 is 0 Å². The van der Waals surface area contributed by atoms with Crippen LogP contribution in [-0.4, -0.2) is 59.2 Å². The van der Waals surface area contributed by atoms with Crippen LogP contribution in [0.4, 0.5) is 0 Å². The van der Waals surface area contributed by atoms with Gasteiger partial charge >= 0.3 is 0 Å². The summed E-state index contributed by atoms with van der Waals surface area (Å²) in [6.07, 6.45) is 3.94. The Hall–Kier alpha value is -2.83. The number of hydrogen-bond acceptors (Lipinski definition) is 5. The monoisotopic (exact) mass is 390 g/mol. The second-order valence-electron chi connectivity index (χ2n) is 7.59. The van der Waals surface area contributed by atoms with E-state index in [1.165, 1.54) is 0 Å². The van der Waals surface area contributed by atoms with Crippen molar-refractivity contribution in [3.05, 3.63) is 60.4 Å². The fraction of sp³-hybridized carbons (Fsp3) is 0.348. The second kappa shape index (κ2) is 8.68. The summed E-state index contributed by atoms with van der Waals surface area (Å²) in [5.74, 6) is -0.0805. The van der Waals surface area contributed by atoms with Crippen LogP contribution in [-0.2, 0) is 4.74 Å². The molecule has 0 aliphatic carbocycles. The first-order valence-electron chi connectivity index (χ1n) is 10.1. The van der Waals surface area contributed by atoms with Gasteiger partial charge in [0.1, 0.15) is 0 Å². The van der Waals surface area contributed by atoms with Crippen LogP contribution in [0.1, 0.15) is 24.2 Å². The number of nitrogens with one attached hydrogen (secondary N) is 1. The molecular weight excluding hydrogens is 364 g/mol. The average molecular weight is 390 g/mol. The molecule has 0 radical (unpaired) electrons. The van der Waals surface area contributed by atoms with Gasteiger partial charge in [-0.25, -0.2) is 4.98 Å². The van der Waals surface area contributed by atoms with Crippen molar-refractivity contribution in [1.29, 1.82) is 0 Å². The van der Waals surface area contributed by atoms with Crippen LogP contribution in [0.3, 0.4) is 0 Å². The normalized spacial score (nSPS) is 19.9. The average Bonchev–Trinajstić information content (AvgIpc) is 2.73. The van der Waals surface area contributed by atoms with Crippen LogP contribution in [0.15, 0.2) is 54.9 Å². The first kappa shape index (κ1) is 19.5. The van der Waals surface area contributed by atoms with E-state index in [2.05, 4.69) is 29.0 Å². The SMILES string of the molecule is CC1CN(CCNC(=O)c2cc(-c3cccnc3)nc3ccccc23)CC(C)O1. The quantitative estimate of drug-likeness (QED) is 0.725. The van der Waals surface area contributed by atoms with Crippen LogP contribution in [0.25, 0.3) is 22.2 Å². The van der Waals surface area contributed by atoms with Gasteiger partial charge in [-0.15, -0.1) is 0 Å². The van der Waals surface area contributed by atoms with Crippen molar-refractivity contribution in [1.82, 2.24) is 20.2 Å². The van der Waals surface area contributed by atoms with Gasteiger partial charge in [-0.2, -0.15) is 0 Å². The summed E-state index contributed by atoms with van der Waals surface area (Å²) < 4.78 is 5.78. The molecule has 1 aliphatic heterocycles. The molecule has 4 rings (SSSR count). The lowest BCUT2D eigenvalue weighted by atomic mass is 10.0. The molecule has 29 heavy (non-hydrogen) atoms. The van der Waals surface area contributed by atoms with E-state index in [4.69, 9.17) is 9.72 Å². The fourth-order valence-electron chi connectivity index (χ4n) is 3.92. The highest BCUT2D eigenvalue weighted by Gasteiger charge is 2.22. The summed E-state index contributed by atoms with van der Waals surface area (Å²) >= 11 is 0. The van der Waals surface area contributed by atoms with Gasteiger partial charge in [0.2, 0.25) is 0 Å². The zero-order chi connectivity index (χ0) is 20.2. The molecule has 3 aromatic rings. The third-order valence-corrected chi connectivity index (χ3v) is 5.13. The van der Waals surface area contributed by atoms with E-state index in [1.807, 2.05) is 42.5 Å². The first-order chi connectivity index (χ1) is 14.1. The molecular formula is C23H26N4O2. The number of morpholine rings is 1. The van der Waals surface area contributed by atoms with Crippen molar-refractivity contribution < 1.29 is 9.53 Å². The number of nitrogens with zero attached hydrogens (tertiary/aromatic N) is 3. The molecule has 0 spiro atoms. The van der Waals surface area contributed by atoms with Crippen molar-refractivity contribution in [2.24, 2.45) is 0 Å². The minimum atomic E-state index is -0.0805. The molecule has 0 bridgehead atoms. The minimum absolute atomic E-state index is 0.0805. The van der Waals surface area contributed by atoms with Crippen molar-refractivity contribution in [2.75, 3.05) is 26.2 Å². The highest BCUT2D eigenvalue weighted by molar-refractivity contribution is 6.07. The fourth-order valence-corrected chi connectivity index (χ4v) is 3.92. The van der Waals surface area contributed by atoms with E-state index in [9.17, 15) is 4.79 Å². The molecule has 150 valence electrons. The van der Waals surface area contributed by atoms with Gasteiger partial charge in [0.15, 0.2) is 0 Å². The number of pyridine rings is 2. The van der Waals surface area contributed by atoms with E-state index in [0.29, 0.717) is 12.1 Å². The Morgan fingerprint density at radius 2 is 1.97 bits per heavy atom. The molecule has 2 atom stereocenters. The maximum absolute atomic E-state index is 13.0. The molecule has 1 saturated heterocycles. The third-order valence-electron chi connectivity index (χ3n) is 5.13. The van der Waals surface area contributed by atoms with Crippen molar-refractivity contribution in [3.63, 3.8) is 0 Å². The van der Waals surface area contributed by atoms with E-state index in [1.54, 1.807) is 12.4 Å². The Labute approximate surface area is 170 Å². The summed E-state index contributed by atoms with van der Waals surface area (Å²) in [4.78, 5) is 24.2. The van der Waals surface area contributed by atoms with Gasteiger partial charge in [-0.05, 0) is 38.1 Å². The Bertz CT molecular complexity index is 983. The molecule has 6 heteroatoms. The molecule has 0 saturated carbocycles. The molecule has 2 aromatic heterocycles. The number of carbonyl (C=O) groups is 1. The van der Waals surface area contributed by atoms with Crippen molar-refractivity contribution >= 4 is 16.8 Å². The number of hydrogen-bond donors (Lipinski definition) is 1. The molecule has 1 N–H and O–H groups in total. The summed E-state index contributed by atoms with van der Waals surface area (Å²) in [6, 6.07) is 13.4. The largest absolute Gasteiger partial charge is 0.373 e. The van der Waals surface area contributed by atoms with Crippen molar-refractivity contribution in [2.45, 2.75) is 26.1 Å². The maximum Gasteiger partial charge on any atom is 0.252 e. The highest BCUT2D eigenvalue weighted by atomic mass is 16.5. The summed E-state index contributed by atoms with van der Waals surface area (Å²) in [5.41, 5.74) is 3.08. The van der Waals surface area contributed by atoms with E-state index >= 15 is 0 Å². The van der Waals surface area contributed by atoms with Gasteiger partial charge in [0.25, 0.3) is 5.91 Å². The Morgan fingerprint density at radius 1 is 1.17 bits per heavy atom. The zero-order valence-electron chi connectivity index (χ0n) is 16.8. The van der Waals surface area contributed by atoms with E-state index in [-0.39, 0.29) is 18.1 Å². The zero-order valence-corrected chi connectivity index (χ0v) is 16.8. The highest BCUT2D eigenvalue weighted by Crippen LogP contribution is 2.24. The van der Waals surface area contributed by atoms with Crippen LogP contribution in [0.2, 0.25) is 0 Å². The molecule has 1 fully saturated rings. The van der Waals surface area contributed by atoms with Crippen LogP contribution in [0, 0.1) is 0 Å². The number of aromatic nitrogens is 2. The minimum Gasteiger partial charge on any atom is -0.373 e. The Morgan fingerprint density at radius 3 is 2.72 bits per heavy atom. The number of rotatable bonds is 5. The smallest absolute Gasteiger partial charge is 0.252 e. The van der Waals surface area contributed by atoms with Gasteiger partial charge in [0, 0.05) is 49.5 Å². The topological polar surface area (TPSA) is 67.4 Å². The molecule has 2 unspecified atom stereocenters. The lowest BCUT2D eigenvalue weighted by Gasteiger charge is -2.35. The Balaban J connectivity index is 1.52. The summed E-state index contributed by atoms with van der Waals surface area (Å²) in [6.45, 7) is 7.36. The van der Waals surface area contributed by atoms with Crippen molar-refractivity contribution in [3.8, 4) is 11.3 Å². The lowest BCUT2D eigenvalue weighted by molar-refractivity contribution is -0.0672. The van der Waals surface area contributed by atoms with Crippen LogP contribution in [0.5, 0.6) is 0 Å². The number of para-hydroxylation sites is 1. The first-order valence-corrected chi connectivity index (χ1v) is 10.1. The van der Waals surface area contributed by atoms with Gasteiger partial charge < -0.3 is 10.1 Å². The number of carbonyl (C=O) groups excluding carboxylic acids is 1. The van der Waals surface area contributed by atoms with Crippen LogP contribution < -0.4 is 5.32 Å².